The summed E-state index contributed by atoms with van der Waals surface area (Å²) in [7, 11) is 1.71. The van der Waals surface area contributed by atoms with Crippen molar-refractivity contribution in [1.82, 2.24) is 4.90 Å². The van der Waals surface area contributed by atoms with Gasteiger partial charge in [-0.25, -0.2) is 0 Å². The first-order valence-corrected chi connectivity index (χ1v) is 7.91. The zero-order valence-electron chi connectivity index (χ0n) is 11.4. The Balaban J connectivity index is 1.71. The highest BCUT2D eigenvalue weighted by Gasteiger charge is 2.35. The molecule has 0 saturated carbocycles. The van der Waals surface area contributed by atoms with E-state index < -0.39 is 0 Å². The molecule has 104 valence electrons. The molecule has 0 aromatic heterocycles. The van der Waals surface area contributed by atoms with Crippen molar-refractivity contribution < 1.29 is 4.74 Å². The molecule has 1 aromatic rings. The smallest absolute Gasteiger partial charge is 0.135 e. The summed E-state index contributed by atoms with van der Waals surface area (Å²) in [5.41, 5.74) is 1.16. The lowest BCUT2D eigenvalue weighted by Gasteiger charge is -2.33. The van der Waals surface area contributed by atoms with Crippen molar-refractivity contribution in [3.05, 3.63) is 22.7 Å². The average Bonchev–Trinajstić information content (AvgIpc) is 2.84. The summed E-state index contributed by atoms with van der Waals surface area (Å²) in [6.45, 7) is 2.53. The van der Waals surface area contributed by atoms with Gasteiger partial charge in [0.2, 0.25) is 0 Å². The SMILES string of the molecule is COc1cc(NC2CCN3CCCCC23)ccc1Br. The molecule has 0 aliphatic carbocycles. The summed E-state index contributed by atoms with van der Waals surface area (Å²) in [6, 6.07) is 7.57. The van der Waals surface area contributed by atoms with E-state index in [9.17, 15) is 0 Å². The molecule has 4 heteroatoms. The second-order valence-corrected chi connectivity index (χ2v) is 6.34. The number of nitrogens with zero attached hydrogens (tertiary/aromatic N) is 1. The maximum atomic E-state index is 5.36. The zero-order chi connectivity index (χ0) is 13.2. The lowest BCUT2D eigenvalue weighted by molar-refractivity contribution is 0.193. The van der Waals surface area contributed by atoms with Gasteiger partial charge in [-0.3, -0.25) is 4.90 Å². The van der Waals surface area contributed by atoms with E-state index in [1.165, 1.54) is 38.8 Å². The molecule has 0 bridgehead atoms. The summed E-state index contributed by atoms with van der Waals surface area (Å²) in [4.78, 5) is 2.65. The number of fused-ring (bicyclic) bond motifs is 1. The highest BCUT2D eigenvalue weighted by atomic mass is 79.9. The van der Waals surface area contributed by atoms with E-state index in [-0.39, 0.29) is 0 Å². The van der Waals surface area contributed by atoms with Crippen LogP contribution in [0.15, 0.2) is 22.7 Å². The second-order valence-electron chi connectivity index (χ2n) is 5.49. The third kappa shape index (κ3) is 2.75. The molecule has 2 fully saturated rings. The molecular weight excluding hydrogens is 304 g/mol. The van der Waals surface area contributed by atoms with Gasteiger partial charge in [0.1, 0.15) is 5.75 Å². The minimum atomic E-state index is 0.589. The number of hydrogen-bond acceptors (Lipinski definition) is 3. The predicted molar refractivity (Wildman–Crippen MR) is 81.9 cm³/mol. The molecule has 2 unspecified atom stereocenters. The number of ether oxygens (including phenoxy) is 1. The van der Waals surface area contributed by atoms with E-state index in [0.717, 1.165) is 22.0 Å². The van der Waals surface area contributed by atoms with Gasteiger partial charge in [-0.2, -0.15) is 0 Å². The van der Waals surface area contributed by atoms with E-state index in [2.05, 4.69) is 44.3 Å². The summed E-state index contributed by atoms with van der Waals surface area (Å²) < 4.78 is 6.37. The van der Waals surface area contributed by atoms with Crippen LogP contribution in [-0.2, 0) is 0 Å². The number of benzene rings is 1. The Kier molecular flexibility index (Phi) is 3.99. The maximum Gasteiger partial charge on any atom is 0.135 e. The molecule has 2 heterocycles. The Morgan fingerprint density at radius 2 is 2.16 bits per heavy atom. The van der Waals surface area contributed by atoms with Crippen LogP contribution in [-0.4, -0.2) is 37.2 Å². The van der Waals surface area contributed by atoms with Gasteiger partial charge in [-0.15, -0.1) is 0 Å². The second kappa shape index (κ2) is 5.71. The van der Waals surface area contributed by atoms with Crippen molar-refractivity contribution in [3.8, 4) is 5.75 Å². The molecule has 2 aliphatic rings. The van der Waals surface area contributed by atoms with Crippen LogP contribution in [0.3, 0.4) is 0 Å². The summed E-state index contributed by atoms with van der Waals surface area (Å²) in [5, 5.41) is 3.70. The molecule has 2 atom stereocenters. The fourth-order valence-corrected chi connectivity index (χ4v) is 3.79. The van der Waals surface area contributed by atoms with Gasteiger partial charge in [0.15, 0.2) is 0 Å². The average molecular weight is 325 g/mol. The van der Waals surface area contributed by atoms with Crippen LogP contribution in [0.2, 0.25) is 0 Å². The number of piperidine rings is 1. The van der Waals surface area contributed by atoms with Gasteiger partial charge in [-0.05, 0) is 53.9 Å². The zero-order valence-corrected chi connectivity index (χ0v) is 12.9. The molecule has 0 amide bonds. The van der Waals surface area contributed by atoms with E-state index in [0.29, 0.717) is 6.04 Å². The normalized spacial score (nSPS) is 27.1. The molecule has 1 aromatic carbocycles. The number of nitrogens with one attached hydrogen (secondary N) is 1. The van der Waals surface area contributed by atoms with Crippen molar-refractivity contribution in [3.63, 3.8) is 0 Å². The first kappa shape index (κ1) is 13.3. The number of anilines is 1. The molecule has 3 rings (SSSR count). The third-order valence-corrected chi connectivity index (χ3v) is 5.01. The Bertz CT molecular complexity index is 452. The largest absolute Gasteiger partial charge is 0.495 e. The van der Waals surface area contributed by atoms with Crippen LogP contribution < -0.4 is 10.1 Å². The number of rotatable bonds is 3. The number of halogens is 1. The standard InChI is InChI=1S/C15H21BrN2O/c1-19-15-10-11(5-6-12(15)16)17-13-7-9-18-8-3-2-4-14(13)18/h5-6,10,13-14,17H,2-4,7-9H2,1H3. The molecule has 3 nitrogen and oxygen atoms in total. The van der Waals surface area contributed by atoms with Crippen LogP contribution in [0.25, 0.3) is 0 Å². The van der Waals surface area contributed by atoms with Gasteiger partial charge in [0.05, 0.1) is 11.6 Å². The Hall–Kier alpha value is -0.740. The van der Waals surface area contributed by atoms with E-state index in [1.807, 2.05) is 0 Å². The van der Waals surface area contributed by atoms with E-state index in [4.69, 9.17) is 4.74 Å². The van der Waals surface area contributed by atoms with Gasteiger partial charge in [-0.1, -0.05) is 6.42 Å². The summed E-state index contributed by atoms with van der Waals surface area (Å²) >= 11 is 3.50. The first-order chi connectivity index (χ1) is 9.28. The molecule has 2 aliphatic heterocycles. The topological polar surface area (TPSA) is 24.5 Å². The summed E-state index contributed by atoms with van der Waals surface area (Å²) in [5.74, 6) is 0.892. The molecule has 1 N–H and O–H groups in total. The fourth-order valence-electron chi connectivity index (χ4n) is 3.38. The minimum Gasteiger partial charge on any atom is -0.495 e. The number of methoxy groups -OCH3 is 1. The lowest BCUT2D eigenvalue weighted by Crippen LogP contribution is -2.41. The first-order valence-electron chi connectivity index (χ1n) is 7.12. The summed E-state index contributed by atoms with van der Waals surface area (Å²) in [6.07, 6.45) is 5.34. The third-order valence-electron chi connectivity index (χ3n) is 4.36. The van der Waals surface area contributed by atoms with Crippen LogP contribution in [0.4, 0.5) is 5.69 Å². The van der Waals surface area contributed by atoms with Crippen molar-refractivity contribution in [2.45, 2.75) is 37.8 Å². The Morgan fingerprint density at radius 3 is 3.00 bits per heavy atom. The van der Waals surface area contributed by atoms with Crippen LogP contribution in [0, 0.1) is 0 Å². The van der Waals surface area contributed by atoms with Crippen LogP contribution in [0.1, 0.15) is 25.7 Å². The fraction of sp³-hybridized carbons (Fsp3) is 0.600. The van der Waals surface area contributed by atoms with Gasteiger partial charge >= 0.3 is 0 Å². The van der Waals surface area contributed by atoms with Gasteiger partial charge in [0, 0.05) is 30.4 Å². The van der Waals surface area contributed by atoms with Gasteiger partial charge < -0.3 is 10.1 Å². The maximum absolute atomic E-state index is 5.36. The van der Waals surface area contributed by atoms with Crippen molar-refractivity contribution >= 4 is 21.6 Å². The van der Waals surface area contributed by atoms with Crippen molar-refractivity contribution in [2.75, 3.05) is 25.5 Å². The Labute approximate surface area is 123 Å². The molecule has 19 heavy (non-hydrogen) atoms. The van der Waals surface area contributed by atoms with Crippen LogP contribution in [0.5, 0.6) is 5.75 Å². The highest BCUT2D eigenvalue weighted by molar-refractivity contribution is 9.10. The molecule has 0 radical (unpaired) electrons. The number of hydrogen-bond donors (Lipinski definition) is 1. The predicted octanol–water partition coefficient (Wildman–Crippen LogP) is 3.50. The molecule has 0 spiro atoms. The molecule has 2 saturated heterocycles. The highest BCUT2D eigenvalue weighted by Crippen LogP contribution is 2.32. The van der Waals surface area contributed by atoms with Gasteiger partial charge in [0.25, 0.3) is 0 Å². The van der Waals surface area contributed by atoms with Crippen molar-refractivity contribution in [2.24, 2.45) is 0 Å². The van der Waals surface area contributed by atoms with Crippen LogP contribution >= 0.6 is 15.9 Å². The van der Waals surface area contributed by atoms with Crippen molar-refractivity contribution in [1.29, 1.82) is 0 Å². The quantitative estimate of drug-likeness (QED) is 0.921. The molecular formula is C15H21BrN2O. The lowest BCUT2D eigenvalue weighted by atomic mass is 9.99. The monoisotopic (exact) mass is 324 g/mol. The van der Waals surface area contributed by atoms with E-state index >= 15 is 0 Å². The van der Waals surface area contributed by atoms with E-state index in [1.54, 1.807) is 7.11 Å². The Morgan fingerprint density at radius 1 is 1.26 bits per heavy atom. The minimum absolute atomic E-state index is 0.589.